The van der Waals surface area contributed by atoms with Gasteiger partial charge in [-0.15, -0.1) is 0 Å². The van der Waals surface area contributed by atoms with E-state index in [1.165, 1.54) is 30.3 Å². The van der Waals surface area contributed by atoms with Crippen LogP contribution in [0.25, 0.3) is 0 Å². The molecule has 1 amide bonds. The number of benzene rings is 2. The van der Waals surface area contributed by atoms with Crippen LogP contribution in [-0.4, -0.2) is 23.0 Å². The Kier molecular flexibility index (Phi) is 6.17. The molecule has 0 unspecified atom stereocenters. The summed E-state index contributed by atoms with van der Waals surface area (Å²) in [6.07, 6.45) is -0.0150. The molecule has 0 fully saturated rings. The van der Waals surface area contributed by atoms with Gasteiger partial charge in [0, 0.05) is 16.5 Å². The molecular formula is C17H14Cl2FNO3. The molecule has 0 bridgehead atoms. The molecule has 0 saturated carbocycles. The average Bonchev–Trinajstić information content (AvgIpc) is 2.51. The van der Waals surface area contributed by atoms with E-state index < -0.39 is 23.7 Å². The first-order valence-electron chi connectivity index (χ1n) is 7.05. The van der Waals surface area contributed by atoms with Crippen LogP contribution < -0.4 is 5.32 Å². The zero-order valence-corrected chi connectivity index (χ0v) is 13.9. The van der Waals surface area contributed by atoms with Crippen LogP contribution in [0.3, 0.4) is 0 Å². The summed E-state index contributed by atoms with van der Waals surface area (Å²) in [5.74, 6) is -2.05. The van der Waals surface area contributed by atoms with E-state index in [0.29, 0.717) is 21.2 Å². The van der Waals surface area contributed by atoms with Gasteiger partial charge in [-0.1, -0.05) is 41.4 Å². The number of hydrogen-bond donors (Lipinski definition) is 2. The van der Waals surface area contributed by atoms with Gasteiger partial charge in [0.1, 0.15) is 11.9 Å². The van der Waals surface area contributed by atoms with Crippen molar-refractivity contribution in [3.05, 3.63) is 69.5 Å². The minimum Gasteiger partial charge on any atom is -0.480 e. The second-order valence-corrected chi connectivity index (χ2v) is 6.05. The number of carbonyl (C=O) groups is 2. The zero-order chi connectivity index (χ0) is 17.7. The number of rotatable bonds is 6. The van der Waals surface area contributed by atoms with Crippen molar-refractivity contribution in [1.29, 1.82) is 0 Å². The Morgan fingerprint density at radius 2 is 1.79 bits per heavy atom. The number of carboxylic acids is 1. The maximum atomic E-state index is 12.8. The Morgan fingerprint density at radius 1 is 1.12 bits per heavy atom. The minimum atomic E-state index is -1.17. The summed E-state index contributed by atoms with van der Waals surface area (Å²) >= 11 is 11.8. The third-order valence-corrected chi connectivity index (χ3v) is 3.94. The number of amides is 1. The van der Waals surface area contributed by atoms with Gasteiger partial charge in [0.15, 0.2) is 0 Å². The highest BCUT2D eigenvalue weighted by atomic mass is 35.5. The fourth-order valence-corrected chi connectivity index (χ4v) is 2.63. The second-order valence-electron chi connectivity index (χ2n) is 5.20. The molecule has 2 aromatic carbocycles. The maximum absolute atomic E-state index is 12.8. The molecule has 0 aromatic heterocycles. The van der Waals surface area contributed by atoms with E-state index in [2.05, 4.69) is 5.32 Å². The number of nitrogens with one attached hydrogen (secondary N) is 1. The lowest BCUT2D eigenvalue weighted by molar-refractivity contribution is -0.141. The molecule has 2 N–H and O–H groups in total. The van der Waals surface area contributed by atoms with E-state index in [1.54, 1.807) is 12.1 Å². The molecule has 2 aromatic rings. The van der Waals surface area contributed by atoms with Crippen molar-refractivity contribution >= 4 is 35.1 Å². The Morgan fingerprint density at radius 3 is 2.38 bits per heavy atom. The van der Waals surface area contributed by atoms with Crippen molar-refractivity contribution in [3.8, 4) is 0 Å². The Bertz CT molecular complexity index is 750. The van der Waals surface area contributed by atoms with Crippen molar-refractivity contribution in [1.82, 2.24) is 5.32 Å². The van der Waals surface area contributed by atoms with Crippen LogP contribution in [0.1, 0.15) is 11.1 Å². The maximum Gasteiger partial charge on any atom is 0.326 e. The third-order valence-electron chi connectivity index (χ3n) is 3.35. The molecule has 2 rings (SSSR count). The lowest BCUT2D eigenvalue weighted by atomic mass is 10.1. The summed E-state index contributed by atoms with van der Waals surface area (Å²) in [6, 6.07) is 9.03. The van der Waals surface area contributed by atoms with Crippen molar-refractivity contribution in [2.45, 2.75) is 18.9 Å². The van der Waals surface area contributed by atoms with Crippen LogP contribution in [0.5, 0.6) is 0 Å². The quantitative estimate of drug-likeness (QED) is 0.818. The molecule has 0 spiro atoms. The largest absolute Gasteiger partial charge is 0.480 e. The summed E-state index contributed by atoms with van der Waals surface area (Å²) in [6.45, 7) is 0. The highest BCUT2D eigenvalue weighted by Crippen LogP contribution is 2.22. The van der Waals surface area contributed by atoms with Crippen LogP contribution in [-0.2, 0) is 22.4 Å². The molecule has 0 saturated heterocycles. The summed E-state index contributed by atoms with van der Waals surface area (Å²) in [7, 11) is 0. The van der Waals surface area contributed by atoms with Gasteiger partial charge in [0.25, 0.3) is 0 Å². The van der Waals surface area contributed by atoms with Gasteiger partial charge in [0.2, 0.25) is 5.91 Å². The fourth-order valence-electron chi connectivity index (χ4n) is 2.14. The monoisotopic (exact) mass is 369 g/mol. The van der Waals surface area contributed by atoms with Crippen LogP contribution in [0.15, 0.2) is 42.5 Å². The average molecular weight is 370 g/mol. The summed E-state index contributed by atoms with van der Waals surface area (Å²) in [5.41, 5.74) is 1.15. The normalized spacial score (nSPS) is 11.8. The molecule has 4 nitrogen and oxygen atoms in total. The van der Waals surface area contributed by atoms with E-state index in [-0.39, 0.29) is 12.8 Å². The molecule has 0 aliphatic carbocycles. The lowest BCUT2D eigenvalue weighted by Gasteiger charge is -2.15. The fraction of sp³-hybridized carbons (Fsp3) is 0.176. The number of carbonyl (C=O) groups excluding carboxylic acids is 1. The van der Waals surface area contributed by atoms with Crippen LogP contribution in [0, 0.1) is 5.82 Å². The second kappa shape index (κ2) is 8.13. The summed E-state index contributed by atoms with van der Waals surface area (Å²) in [5, 5.41) is 12.5. The first-order valence-corrected chi connectivity index (χ1v) is 7.81. The topological polar surface area (TPSA) is 66.4 Å². The molecule has 126 valence electrons. The molecule has 0 heterocycles. The molecule has 0 radical (unpaired) electrons. The van der Waals surface area contributed by atoms with Crippen LogP contribution in [0.2, 0.25) is 10.0 Å². The number of carboxylic acid groups (broad SMARTS) is 1. The number of aliphatic carboxylic acids is 1. The SMILES string of the molecule is O=C(Cc1ccc(F)cc1)N[C@H](Cc1ccc(Cl)cc1Cl)C(=O)O. The van der Waals surface area contributed by atoms with Gasteiger partial charge in [0.05, 0.1) is 6.42 Å². The van der Waals surface area contributed by atoms with E-state index in [1.807, 2.05) is 0 Å². The standard InChI is InChI=1S/C17H14Cl2FNO3/c18-12-4-3-11(14(19)9-12)8-15(17(23)24)21-16(22)7-10-1-5-13(20)6-2-10/h1-6,9,15H,7-8H2,(H,21,22)(H,23,24)/t15-/m1/s1. The molecule has 7 heteroatoms. The zero-order valence-electron chi connectivity index (χ0n) is 12.4. The molecule has 1 atom stereocenters. The first kappa shape index (κ1) is 18.2. The number of halogens is 3. The predicted octanol–water partition coefficient (Wildman–Crippen LogP) is 3.49. The molecular weight excluding hydrogens is 356 g/mol. The van der Waals surface area contributed by atoms with E-state index in [0.717, 1.165) is 0 Å². The van der Waals surface area contributed by atoms with Gasteiger partial charge >= 0.3 is 5.97 Å². The van der Waals surface area contributed by atoms with Gasteiger partial charge < -0.3 is 10.4 Å². The molecule has 24 heavy (non-hydrogen) atoms. The Labute approximate surface area is 148 Å². The number of hydrogen-bond acceptors (Lipinski definition) is 2. The molecule has 0 aliphatic rings. The highest BCUT2D eigenvalue weighted by molar-refractivity contribution is 6.35. The lowest BCUT2D eigenvalue weighted by Crippen LogP contribution is -2.43. The van der Waals surface area contributed by atoms with Crippen molar-refractivity contribution in [3.63, 3.8) is 0 Å². The predicted molar refractivity (Wildman–Crippen MR) is 89.8 cm³/mol. The van der Waals surface area contributed by atoms with Crippen LogP contribution >= 0.6 is 23.2 Å². The Balaban J connectivity index is 2.03. The van der Waals surface area contributed by atoms with E-state index in [4.69, 9.17) is 23.2 Å². The summed E-state index contributed by atoms with van der Waals surface area (Å²) in [4.78, 5) is 23.4. The Hall–Kier alpha value is -2.11. The van der Waals surface area contributed by atoms with E-state index >= 15 is 0 Å². The first-order chi connectivity index (χ1) is 11.3. The minimum absolute atomic E-state index is 0.0283. The van der Waals surface area contributed by atoms with Crippen LogP contribution in [0.4, 0.5) is 4.39 Å². The third kappa shape index (κ3) is 5.22. The van der Waals surface area contributed by atoms with Gasteiger partial charge in [-0.05, 0) is 35.4 Å². The van der Waals surface area contributed by atoms with Crippen molar-refractivity contribution < 1.29 is 19.1 Å². The smallest absolute Gasteiger partial charge is 0.326 e. The van der Waals surface area contributed by atoms with Gasteiger partial charge in [-0.3, -0.25) is 4.79 Å². The summed E-state index contributed by atoms with van der Waals surface area (Å²) < 4.78 is 12.8. The van der Waals surface area contributed by atoms with Gasteiger partial charge in [-0.25, -0.2) is 9.18 Å². The van der Waals surface area contributed by atoms with Crippen molar-refractivity contribution in [2.24, 2.45) is 0 Å². The van der Waals surface area contributed by atoms with Gasteiger partial charge in [-0.2, -0.15) is 0 Å². The highest BCUT2D eigenvalue weighted by Gasteiger charge is 2.21. The van der Waals surface area contributed by atoms with E-state index in [9.17, 15) is 19.1 Å². The van der Waals surface area contributed by atoms with Crippen molar-refractivity contribution in [2.75, 3.05) is 0 Å². The molecule has 0 aliphatic heterocycles.